The average molecular weight is 256 g/mol. The number of amides is 1. The van der Waals surface area contributed by atoms with Gasteiger partial charge in [0.1, 0.15) is 0 Å². The summed E-state index contributed by atoms with van der Waals surface area (Å²) in [6, 6.07) is 18.8. The summed E-state index contributed by atoms with van der Waals surface area (Å²) in [5, 5.41) is 0. The highest BCUT2D eigenvalue weighted by Crippen LogP contribution is 2.16. The molecule has 2 rings (SSSR count). The molecule has 2 aromatic rings. The van der Waals surface area contributed by atoms with E-state index in [2.05, 4.69) is 10.9 Å². The Balaban J connectivity index is 1.98. The summed E-state index contributed by atoms with van der Waals surface area (Å²) in [5.74, 6) is -0.238. The normalized spacial score (nSPS) is 11.6. The van der Waals surface area contributed by atoms with Crippen molar-refractivity contribution in [3.05, 3.63) is 66.2 Å². The van der Waals surface area contributed by atoms with Gasteiger partial charge in [-0.1, -0.05) is 48.5 Å². The number of carbonyl (C=O) groups excluding carboxylic acids is 1. The van der Waals surface area contributed by atoms with Crippen LogP contribution in [0, 0.1) is 0 Å². The Morgan fingerprint density at radius 3 is 2.16 bits per heavy atom. The fourth-order valence-electron chi connectivity index (χ4n) is 1.74. The molecule has 2 aromatic carbocycles. The van der Waals surface area contributed by atoms with Crippen LogP contribution in [-0.4, -0.2) is 13.0 Å². The van der Waals surface area contributed by atoms with E-state index in [1.165, 1.54) is 7.11 Å². The second-order valence-electron chi connectivity index (χ2n) is 4.01. The molecule has 2 N–H and O–H groups in total. The van der Waals surface area contributed by atoms with Crippen LogP contribution in [-0.2, 0) is 9.53 Å². The maximum atomic E-state index is 12.0. The molecule has 0 unspecified atom stereocenters. The molecular formula is C15H16N2O2. The van der Waals surface area contributed by atoms with Crippen LogP contribution in [0.25, 0.3) is 0 Å². The maximum absolute atomic E-state index is 12.0. The summed E-state index contributed by atoms with van der Waals surface area (Å²) in [6.45, 7) is 0. The Labute approximate surface area is 112 Å². The number of carbonyl (C=O) groups is 1. The first-order valence-corrected chi connectivity index (χ1v) is 6.00. The second kappa shape index (κ2) is 6.56. The zero-order chi connectivity index (χ0) is 13.5. The van der Waals surface area contributed by atoms with Crippen molar-refractivity contribution in [3.8, 4) is 0 Å². The Kier molecular flexibility index (Phi) is 4.53. The van der Waals surface area contributed by atoms with Gasteiger partial charge >= 0.3 is 0 Å². The molecule has 0 heterocycles. The predicted octanol–water partition coefficient (Wildman–Crippen LogP) is 2.52. The molecular weight excluding hydrogens is 240 g/mol. The molecule has 4 nitrogen and oxygen atoms in total. The van der Waals surface area contributed by atoms with Crippen LogP contribution in [0.5, 0.6) is 0 Å². The molecule has 0 saturated heterocycles. The van der Waals surface area contributed by atoms with Crippen molar-refractivity contribution in [2.45, 2.75) is 6.10 Å². The molecule has 0 aliphatic rings. The molecule has 0 saturated carbocycles. The summed E-state index contributed by atoms with van der Waals surface area (Å²) < 4.78 is 5.23. The minimum absolute atomic E-state index is 0.238. The summed E-state index contributed by atoms with van der Waals surface area (Å²) in [7, 11) is 1.51. The Bertz CT molecular complexity index is 514. The van der Waals surface area contributed by atoms with E-state index < -0.39 is 6.10 Å². The lowest BCUT2D eigenvalue weighted by Crippen LogP contribution is -2.34. The van der Waals surface area contributed by atoms with Crippen molar-refractivity contribution in [2.24, 2.45) is 0 Å². The third-order valence-corrected chi connectivity index (χ3v) is 2.68. The number of para-hydroxylation sites is 1. The van der Waals surface area contributed by atoms with E-state index in [1.807, 2.05) is 60.7 Å². The number of hydrogen-bond acceptors (Lipinski definition) is 3. The standard InChI is InChI=1S/C15H16N2O2/c1-19-14(12-8-4-2-5-9-12)15(18)17-16-13-10-6-3-7-11-13/h2-11,14,16H,1H3,(H,17,18)/t14-/m0/s1. The molecule has 1 atom stereocenters. The van der Waals surface area contributed by atoms with Gasteiger partial charge in [-0.2, -0.15) is 0 Å². The third-order valence-electron chi connectivity index (χ3n) is 2.68. The van der Waals surface area contributed by atoms with E-state index >= 15 is 0 Å². The van der Waals surface area contributed by atoms with E-state index in [9.17, 15) is 4.79 Å². The van der Waals surface area contributed by atoms with Crippen molar-refractivity contribution in [1.82, 2.24) is 5.43 Å². The van der Waals surface area contributed by atoms with E-state index in [1.54, 1.807) is 0 Å². The topological polar surface area (TPSA) is 50.4 Å². The zero-order valence-electron chi connectivity index (χ0n) is 10.7. The fourth-order valence-corrected chi connectivity index (χ4v) is 1.74. The van der Waals surface area contributed by atoms with Crippen LogP contribution < -0.4 is 10.9 Å². The molecule has 0 bridgehead atoms. The Morgan fingerprint density at radius 2 is 1.58 bits per heavy atom. The van der Waals surface area contributed by atoms with Crippen LogP contribution in [0.2, 0.25) is 0 Å². The van der Waals surface area contributed by atoms with Gasteiger partial charge in [-0.15, -0.1) is 0 Å². The van der Waals surface area contributed by atoms with E-state index in [4.69, 9.17) is 4.74 Å². The van der Waals surface area contributed by atoms with Gasteiger partial charge in [-0.3, -0.25) is 15.6 Å². The van der Waals surface area contributed by atoms with Crippen LogP contribution in [0.1, 0.15) is 11.7 Å². The van der Waals surface area contributed by atoms with Gasteiger partial charge in [0.15, 0.2) is 6.10 Å². The summed E-state index contributed by atoms with van der Waals surface area (Å²) >= 11 is 0. The van der Waals surface area contributed by atoms with Crippen molar-refractivity contribution in [1.29, 1.82) is 0 Å². The van der Waals surface area contributed by atoms with Gasteiger partial charge in [0.2, 0.25) is 0 Å². The molecule has 4 heteroatoms. The van der Waals surface area contributed by atoms with Crippen LogP contribution in [0.3, 0.4) is 0 Å². The number of methoxy groups -OCH3 is 1. The molecule has 0 aliphatic carbocycles. The highest BCUT2D eigenvalue weighted by molar-refractivity contribution is 5.83. The molecule has 0 fully saturated rings. The smallest absolute Gasteiger partial charge is 0.272 e. The van der Waals surface area contributed by atoms with E-state index in [-0.39, 0.29) is 5.91 Å². The Hall–Kier alpha value is -2.33. The fraction of sp³-hybridized carbons (Fsp3) is 0.133. The number of benzene rings is 2. The van der Waals surface area contributed by atoms with Gasteiger partial charge < -0.3 is 4.74 Å². The van der Waals surface area contributed by atoms with Gasteiger partial charge in [0, 0.05) is 7.11 Å². The lowest BCUT2D eigenvalue weighted by molar-refractivity contribution is -0.130. The maximum Gasteiger partial charge on any atom is 0.272 e. The summed E-state index contributed by atoms with van der Waals surface area (Å²) in [4.78, 5) is 12.0. The van der Waals surface area contributed by atoms with Crippen molar-refractivity contribution >= 4 is 11.6 Å². The van der Waals surface area contributed by atoms with Crippen molar-refractivity contribution < 1.29 is 9.53 Å². The number of anilines is 1. The average Bonchev–Trinajstić information content (AvgIpc) is 2.48. The van der Waals surface area contributed by atoms with Gasteiger partial charge in [0.05, 0.1) is 5.69 Å². The third kappa shape index (κ3) is 3.56. The first-order chi connectivity index (χ1) is 9.31. The quantitative estimate of drug-likeness (QED) is 0.808. The molecule has 98 valence electrons. The highest BCUT2D eigenvalue weighted by atomic mass is 16.5. The number of hydrogen-bond donors (Lipinski definition) is 2. The predicted molar refractivity (Wildman–Crippen MR) is 74.4 cm³/mol. The minimum Gasteiger partial charge on any atom is -0.367 e. The molecule has 1 amide bonds. The second-order valence-corrected chi connectivity index (χ2v) is 4.01. The largest absolute Gasteiger partial charge is 0.367 e. The van der Waals surface area contributed by atoms with Crippen LogP contribution in [0.4, 0.5) is 5.69 Å². The summed E-state index contributed by atoms with van der Waals surface area (Å²) in [5.41, 5.74) is 7.12. The Morgan fingerprint density at radius 1 is 1.00 bits per heavy atom. The van der Waals surface area contributed by atoms with E-state index in [0.29, 0.717) is 0 Å². The number of nitrogens with one attached hydrogen (secondary N) is 2. The number of rotatable bonds is 5. The molecule has 0 aliphatic heterocycles. The van der Waals surface area contributed by atoms with Crippen LogP contribution in [0.15, 0.2) is 60.7 Å². The first-order valence-electron chi connectivity index (χ1n) is 6.00. The zero-order valence-corrected chi connectivity index (χ0v) is 10.7. The van der Waals surface area contributed by atoms with Gasteiger partial charge in [0.25, 0.3) is 5.91 Å². The molecule has 0 aromatic heterocycles. The molecule has 0 spiro atoms. The highest BCUT2D eigenvalue weighted by Gasteiger charge is 2.19. The lowest BCUT2D eigenvalue weighted by atomic mass is 10.1. The lowest BCUT2D eigenvalue weighted by Gasteiger charge is -2.16. The molecule has 19 heavy (non-hydrogen) atoms. The summed E-state index contributed by atoms with van der Waals surface area (Å²) in [6.07, 6.45) is -0.627. The SMILES string of the molecule is CO[C@H](C(=O)NNc1ccccc1)c1ccccc1. The van der Waals surface area contributed by atoms with Crippen molar-refractivity contribution in [3.63, 3.8) is 0 Å². The minimum atomic E-state index is -0.627. The van der Waals surface area contributed by atoms with Crippen LogP contribution >= 0.6 is 0 Å². The van der Waals surface area contributed by atoms with E-state index in [0.717, 1.165) is 11.3 Å². The van der Waals surface area contributed by atoms with Gasteiger partial charge in [-0.25, -0.2) is 0 Å². The number of ether oxygens (including phenoxy) is 1. The van der Waals surface area contributed by atoms with Crippen molar-refractivity contribution in [2.75, 3.05) is 12.5 Å². The number of hydrazine groups is 1. The van der Waals surface area contributed by atoms with Gasteiger partial charge in [-0.05, 0) is 17.7 Å². The monoisotopic (exact) mass is 256 g/mol. The first kappa shape index (κ1) is 13.1. The molecule has 0 radical (unpaired) electrons.